The standard InChI is InChI=1S/C20H22F3NO2/c1-19(2,3)16-9-7-14(8-10-16)13-24-18(25)12-15-5-4-6-17(11-15)26-20(21,22)23/h4-11H,12-13H2,1-3H3,(H,24,25). The molecule has 0 spiro atoms. The molecule has 0 radical (unpaired) electrons. The van der Waals surface area contributed by atoms with Gasteiger partial charge in [0, 0.05) is 6.54 Å². The zero-order chi connectivity index (χ0) is 19.4. The quantitative estimate of drug-likeness (QED) is 0.831. The Morgan fingerprint density at radius 1 is 1.00 bits per heavy atom. The molecule has 0 aliphatic carbocycles. The molecule has 2 rings (SSSR count). The van der Waals surface area contributed by atoms with E-state index in [1.807, 2.05) is 24.3 Å². The van der Waals surface area contributed by atoms with E-state index in [9.17, 15) is 18.0 Å². The first kappa shape index (κ1) is 19.8. The second-order valence-corrected chi connectivity index (χ2v) is 7.10. The third kappa shape index (κ3) is 6.43. The van der Waals surface area contributed by atoms with Gasteiger partial charge < -0.3 is 10.1 Å². The van der Waals surface area contributed by atoms with Crippen LogP contribution in [-0.2, 0) is 23.2 Å². The van der Waals surface area contributed by atoms with Gasteiger partial charge in [0.05, 0.1) is 6.42 Å². The average molecular weight is 365 g/mol. The first-order valence-electron chi connectivity index (χ1n) is 8.24. The lowest BCUT2D eigenvalue weighted by Gasteiger charge is -2.19. The van der Waals surface area contributed by atoms with Crippen molar-refractivity contribution in [1.82, 2.24) is 5.32 Å². The Labute approximate surface area is 151 Å². The van der Waals surface area contributed by atoms with Crippen LogP contribution in [0.15, 0.2) is 48.5 Å². The summed E-state index contributed by atoms with van der Waals surface area (Å²) < 4.78 is 40.6. The number of carbonyl (C=O) groups is 1. The number of rotatable bonds is 5. The van der Waals surface area contributed by atoms with Gasteiger partial charge in [0.25, 0.3) is 0 Å². The molecule has 2 aromatic rings. The van der Waals surface area contributed by atoms with Gasteiger partial charge in [0.15, 0.2) is 0 Å². The highest BCUT2D eigenvalue weighted by Gasteiger charge is 2.31. The van der Waals surface area contributed by atoms with Gasteiger partial charge in [-0.05, 0) is 34.2 Å². The number of hydrogen-bond acceptors (Lipinski definition) is 2. The normalized spacial score (nSPS) is 11.9. The number of nitrogens with one attached hydrogen (secondary N) is 1. The first-order chi connectivity index (χ1) is 12.0. The van der Waals surface area contributed by atoms with Gasteiger partial charge in [0.2, 0.25) is 5.91 Å². The molecule has 0 fully saturated rings. The first-order valence-corrected chi connectivity index (χ1v) is 8.24. The molecule has 0 saturated carbocycles. The largest absolute Gasteiger partial charge is 0.573 e. The zero-order valence-corrected chi connectivity index (χ0v) is 15.0. The van der Waals surface area contributed by atoms with Gasteiger partial charge in [-0.1, -0.05) is 57.2 Å². The predicted octanol–water partition coefficient (Wildman–Crippen LogP) is 4.74. The summed E-state index contributed by atoms with van der Waals surface area (Å²) in [6, 6.07) is 13.4. The lowest BCUT2D eigenvalue weighted by atomic mass is 9.87. The number of amides is 1. The monoisotopic (exact) mass is 365 g/mol. The predicted molar refractivity (Wildman–Crippen MR) is 93.8 cm³/mol. The number of halogens is 3. The van der Waals surface area contributed by atoms with Crippen molar-refractivity contribution in [3.63, 3.8) is 0 Å². The molecule has 0 atom stereocenters. The van der Waals surface area contributed by atoms with Crippen molar-refractivity contribution in [2.75, 3.05) is 0 Å². The van der Waals surface area contributed by atoms with Gasteiger partial charge in [-0.25, -0.2) is 0 Å². The van der Waals surface area contributed by atoms with Crippen LogP contribution in [0.1, 0.15) is 37.5 Å². The van der Waals surface area contributed by atoms with Crippen LogP contribution in [-0.4, -0.2) is 12.3 Å². The van der Waals surface area contributed by atoms with Crippen molar-refractivity contribution < 1.29 is 22.7 Å². The fourth-order valence-corrected chi connectivity index (χ4v) is 2.42. The van der Waals surface area contributed by atoms with E-state index in [1.165, 1.54) is 23.8 Å². The molecule has 3 nitrogen and oxygen atoms in total. The fraction of sp³-hybridized carbons (Fsp3) is 0.350. The van der Waals surface area contributed by atoms with Crippen LogP contribution in [0.25, 0.3) is 0 Å². The molecular formula is C20H22F3NO2. The maximum Gasteiger partial charge on any atom is 0.573 e. The Balaban J connectivity index is 1.90. The second kappa shape index (κ2) is 7.81. The Morgan fingerprint density at radius 2 is 1.65 bits per heavy atom. The van der Waals surface area contributed by atoms with Gasteiger partial charge in [-0.3, -0.25) is 4.79 Å². The molecule has 26 heavy (non-hydrogen) atoms. The van der Waals surface area contributed by atoms with E-state index in [-0.39, 0.29) is 23.5 Å². The van der Waals surface area contributed by atoms with E-state index in [4.69, 9.17) is 0 Å². The molecule has 0 aliphatic heterocycles. The Hall–Kier alpha value is -2.50. The van der Waals surface area contributed by atoms with Crippen LogP contribution in [0.2, 0.25) is 0 Å². The molecule has 0 aliphatic rings. The van der Waals surface area contributed by atoms with E-state index < -0.39 is 6.36 Å². The van der Waals surface area contributed by atoms with Crippen LogP contribution in [0.3, 0.4) is 0 Å². The van der Waals surface area contributed by atoms with E-state index in [1.54, 1.807) is 6.07 Å². The molecule has 0 unspecified atom stereocenters. The highest BCUT2D eigenvalue weighted by molar-refractivity contribution is 5.78. The molecule has 1 amide bonds. The molecular weight excluding hydrogens is 343 g/mol. The minimum atomic E-state index is -4.75. The van der Waals surface area contributed by atoms with Crippen molar-refractivity contribution in [2.24, 2.45) is 0 Å². The van der Waals surface area contributed by atoms with Crippen molar-refractivity contribution in [1.29, 1.82) is 0 Å². The minimum absolute atomic E-state index is 0.0187. The van der Waals surface area contributed by atoms with Crippen molar-refractivity contribution >= 4 is 5.91 Å². The molecule has 0 aromatic heterocycles. The summed E-state index contributed by atoms with van der Waals surface area (Å²) in [6.07, 6.45) is -4.77. The summed E-state index contributed by atoms with van der Waals surface area (Å²) in [7, 11) is 0. The van der Waals surface area contributed by atoms with Crippen LogP contribution in [0, 0.1) is 0 Å². The minimum Gasteiger partial charge on any atom is -0.406 e. The summed E-state index contributed by atoms with van der Waals surface area (Å²) in [4.78, 5) is 12.0. The van der Waals surface area contributed by atoms with Crippen LogP contribution in [0.5, 0.6) is 5.75 Å². The van der Waals surface area contributed by atoms with Gasteiger partial charge in [-0.2, -0.15) is 0 Å². The van der Waals surface area contributed by atoms with Gasteiger partial charge in [0.1, 0.15) is 5.75 Å². The SMILES string of the molecule is CC(C)(C)c1ccc(CNC(=O)Cc2cccc(OC(F)(F)F)c2)cc1. The molecule has 6 heteroatoms. The van der Waals surface area contributed by atoms with Crippen molar-refractivity contribution in [2.45, 2.75) is 45.5 Å². The van der Waals surface area contributed by atoms with E-state index in [0.29, 0.717) is 12.1 Å². The summed E-state index contributed by atoms with van der Waals surface area (Å²) in [5.41, 5.74) is 2.67. The Kier molecular flexibility index (Phi) is 5.95. The molecule has 0 bridgehead atoms. The topological polar surface area (TPSA) is 38.3 Å². The fourth-order valence-electron chi connectivity index (χ4n) is 2.42. The highest BCUT2D eigenvalue weighted by Crippen LogP contribution is 2.24. The van der Waals surface area contributed by atoms with Crippen LogP contribution < -0.4 is 10.1 Å². The smallest absolute Gasteiger partial charge is 0.406 e. The summed E-state index contributed by atoms with van der Waals surface area (Å²) in [5, 5.41) is 2.77. The molecule has 2 aromatic carbocycles. The summed E-state index contributed by atoms with van der Waals surface area (Å²) >= 11 is 0. The lowest BCUT2D eigenvalue weighted by molar-refractivity contribution is -0.274. The number of benzene rings is 2. The number of hydrogen-bond donors (Lipinski definition) is 1. The summed E-state index contributed by atoms with van der Waals surface area (Å²) in [5.74, 6) is -0.602. The van der Waals surface area contributed by atoms with E-state index >= 15 is 0 Å². The van der Waals surface area contributed by atoms with Gasteiger partial charge >= 0.3 is 6.36 Å². The number of alkyl halides is 3. The van der Waals surface area contributed by atoms with Crippen molar-refractivity contribution in [3.05, 3.63) is 65.2 Å². The van der Waals surface area contributed by atoms with E-state index in [2.05, 4.69) is 30.8 Å². The summed E-state index contributed by atoms with van der Waals surface area (Å²) in [6.45, 7) is 6.74. The molecule has 0 heterocycles. The Morgan fingerprint density at radius 3 is 2.23 bits per heavy atom. The highest BCUT2D eigenvalue weighted by atomic mass is 19.4. The third-order valence-corrected chi connectivity index (χ3v) is 3.81. The maximum atomic E-state index is 12.2. The van der Waals surface area contributed by atoms with Crippen molar-refractivity contribution in [3.8, 4) is 5.75 Å². The maximum absolute atomic E-state index is 12.2. The molecule has 1 N–H and O–H groups in total. The lowest BCUT2D eigenvalue weighted by Crippen LogP contribution is -2.24. The second-order valence-electron chi connectivity index (χ2n) is 7.10. The molecule has 0 saturated heterocycles. The van der Waals surface area contributed by atoms with Gasteiger partial charge in [-0.15, -0.1) is 13.2 Å². The van der Waals surface area contributed by atoms with E-state index in [0.717, 1.165) is 5.56 Å². The third-order valence-electron chi connectivity index (χ3n) is 3.81. The number of ether oxygens (including phenoxy) is 1. The average Bonchev–Trinajstić information content (AvgIpc) is 2.51. The Bertz CT molecular complexity index is 747. The van der Waals surface area contributed by atoms with Crippen LogP contribution >= 0.6 is 0 Å². The zero-order valence-electron chi connectivity index (χ0n) is 15.0. The molecule has 140 valence electrons. The van der Waals surface area contributed by atoms with Crippen LogP contribution in [0.4, 0.5) is 13.2 Å². The number of carbonyl (C=O) groups excluding carboxylic acids is 1.